The molecule has 1 saturated carbocycles. The second-order valence-electron chi connectivity index (χ2n) is 11.2. The second kappa shape index (κ2) is 13.0. The molecule has 1 amide bonds. The first kappa shape index (κ1) is 27.0. The molecular weight excluding hydrogens is 478 g/mol. The van der Waals surface area contributed by atoms with Crippen molar-refractivity contribution >= 4 is 11.7 Å². The number of nitrogens with zero attached hydrogens (tertiary/aromatic N) is 3. The van der Waals surface area contributed by atoms with E-state index in [4.69, 9.17) is 9.47 Å². The zero-order chi connectivity index (χ0) is 26.3. The third-order valence-electron chi connectivity index (χ3n) is 8.74. The van der Waals surface area contributed by atoms with Gasteiger partial charge in [0, 0.05) is 51.0 Å². The molecule has 2 aliphatic heterocycles. The molecule has 0 spiro atoms. The number of anilines is 1. The number of hydrogen-bond acceptors (Lipinski definition) is 7. The number of carbonyl (C=O) groups is 1. The van der Waals surface area contributed by atoms with E-state index in [1.165, 1.54) is 37.6 Å². The minimum atomic E-state index is 0.00837. The molecule has 0 bridgehead atoms. The van der Waals surface area contributed by atoms with E-state index >= 15 is 0 Å². The highest BCUT2D eigenvalue weighted by Crippen LogP contribution is 2.36. The lowest BCUT2D eigenvalue weighted by Gasteiger charge is -2.38. The average Bonchev–Trinajstić information content (AvgIpc) is 2.97. The summed E-state index contributed by atoms with van der Waals surface area (Å²) < 4.78 is 11.1. The fourth-order valence-corrected chi connectivity index (χ4v) is 6.43. The largest absolute Gasteiger partial charge is 0.379 e. The normalized spacial score (nSPS) is 26.7. The van der Waals surface area contributed by atoms with Gasteiger partial charge in [-0.25, -0.2) is 9.97 Å². The molecule has 0 radical (unpaired) electrons. The summed E-state index contributed by atoms with van der Waals surface area (Å²) in [5.41, 5.74) is 2.82. The van der Waals surface area contributed by atoms with Crippen LogP contribution in [-0.2, 0) is 9.47 Å². The molecule has 3 fully saturated rings. The zero-order valence-corrected chi connectivity index (χ0v) is 22.9. The Hall–Kier alpha value is -2.55. The Kier molecular flexibility index (Phi) is 9.25. The number of rotatable bonds is 8. The highest BCUT2D eigenvalue weighted by molar-refractivity contribution is 5.94. The molecule has 2 saturated heterocycles. The lowest BCUT2D eigenvalue weighted by molar-refractivity contribution is -0.0533. The maximum absolute atomic E-state index is 13.4. The van der Waals surface area contributed by atoms with Crippen LogP contribution in [0.3, 0.4) is 0 Å². The number of nitrogens with one attached hydrogen (secondary N) is 2. The smallest absolute Gasteiger partial charge is 0.272 e. The van der Waals surface area contributed by atoms with E-state index in [0.717, 1.165) is 56.9 Å². The summed E-state index contributed by atoms with van der Waals surface area (Å²) in [7, 11) is 1.75. The molecular formula is C30H43N5O3. The highest BCUT2D eigenvalue weighted by Gasteiger charge is 2.31. The number of carbonyl (C=O) groups excluding carboxylic acids is 1. The first-order valence-electron chi connectivity index (χ1n) is 14.4. The Morgan fingerprint density at radius 2 is 1.92 bits per heavy atom. The van der Waals surface area contributed by atoms with E-state index in [2.05, 4.69) is 50.9 Å². The van der Waals surface area contributed by atoms with Crippen LogP contribution in [0.2, 0.25) is 0 Å². The summed E-state index contributed by atoms with van der Waals surface area (Å²) in [6, 6.07) is 11.6. The molecule has 1 aliphatic carbocycles. The Morgan fingerprint density at radius 1 is 1.11 bits per heavy atom. The average molecular weight is 522 g/mol. The van der Waals surface area contributed by atoms with Gasteiger partial charge in [-0.3, -0.25) is 4.79 Å². The first-order valence-corrected chi connectivity index (χ1v) is 14.4. The fourth-order valence-electron chi connectivity index (χ4n) is 6.43. The molecule has 1 aromatic carbocycles. The molecule has 5 rings (SSSR count). The molecule has 38 heavy (non-hydrogen) atoms. The minimum Gasteiger partial charge on any atom is -0.379 e. The number of aromatic nitrogens is 2. The Labute approximate surface area is 226 Å². The second-order valence-corrected chi connectivity index (χ2v) is 11.2. The monoisotopic (exact) mass is 521 g/mol. The van der Waals surface area contributed by atoms with Crippen LogP contribution in [0.5, 0.6) is 0 Å². The minimum absolute atomic E-state index is 0.00837. The van der Waals surface area contributed by atoms with Crippen molar-refractivity contribution in [3.8, 4) is 0 Å². The number of piperidine rings is 1. The standard InChI is InChI=1S/C30H43N5O3/c1-21-28(30(36)35-14-11-25(12-15-35)34-26-13-16-38-19-27(26)37-2)32-20-33-29(21)31-18-22-7-6-10-24(17-22)23-8-4-3-5-9-23/h3-5,8-9,20,22,24-27,34H,6-7,10-19H2,1-2H3,(H,31,32,33)/t22?,24-,26?,27?/m1/s1. The molecule has 3 unspecified atom stereocenters. The van der Waals surface area contributed by atoms with Gasteiger partial charge in [0.15, 0.2) is 0 Å². The van der Waals surface area contributed by atoms with Gasteiger partial charge in [-0.2, -0.15) is 0 Å². The molecule has 3 heterocycles. The Morgan fingerprint density at radius 3 is 2.71 bits per heavy atom. The van der Waals surface area contributed by atoms with Gasteiger partial charge in [0.25, 0.3) is 5.91 Å². The van der Waals surface area contributed by atoms with Crippen LogP contribution < -0.4 is 10.6 Å². The van der Waals surface area contributed by atoms with Gasteiger partial charge in [-0.15, -0.1) is 0 Å². The van der Waals surface area contributed by atoms with E-state index < -0.39 is 0 Å². The van der Waals surface area contributed by atoms with Gasteiger partial charge in [-0.05, 0) is 62.8 Å². The van der Waals surface area contributed by atoms with Crippen molar-refractivity contribution in [2.45, 2.75) is 76.0 Å². The highest BCUT2D eigenvalue weighted by atomic mass is 16.5. The van der Waals surface area contributed by atoms with Crippen molar-refractivity contribution < 1.29 is 14.3 Å². The number of ether oxygens (including phenoxy) is 2. The number of likely N-dealkylation sites (tertiary alicyclic amines) is 1. The number of methoxy groups -OCH3 is 1. The summed E-state index contributed by atoms with van der Waals surface area (Å²) in [4.78, 5) is 24.3. The number of amides is 1. The summed E-state index contributed by atoms with van der Waals surface area (Å²) in [6.07, 6.45) is 9.38. The third kappa shape index (κ3) is 6.53. The number of hydrogen-bond donors (Lipinski definition) is 2. The molecule has 4 atom stereocenters. The van der Waals surface area contributed by atoms with Gasteiger partial charge in [0.1, 0.15) is 17.8 Å². The van der Waals surface area contributed by atoms with Crippen LogP contribution in [0, 0.1) is 12.8 Å². The maximum atomic E-state index is 13.4. The van der Waals surface area contributed by atoms with Crippen LogP contribution >= 0.6 is 0 Å². The molecule has 8 nitrogen and oxygen atoms in total. The van der Waals surface area contributed by atoms with Gasteiger partial charge in [0.05, 0.1) is 12.7 Å². The van der Waals surface area contributed by atoms with E-state index in [1.54, 1.807) is 7.11 Å². The molecule has 8 heteroatoms. The van der Waals surface area contributed by atoms with Crippen LogP contribution in [0.1, 0.15) is 72.5 Å². The molecule has 2 N–H and O–H groups in total. The molecule has 206 valence electrons. The Bertz CT molecular complexity index is 1040. The first-order chi connectivity index (χ1) is 18.6. The van der Waals surface area contributed by atoms with Crippen molar-refractivity contribution in [3.63, 3.8) is 0 Å². The lowest BCUT2D eigenvalue weighted by atomic mass is 9.78. The summed E-state index contributed by atoms with van der Waals surface area (Å²) in [5, 5.41) is 7.32. The molecule has 1 aromatic heterocycles. The van der Waals surface area contributed by atoms with Crippen molar-refractivity contribution in [2.24, 2.45) is 5.92 Å². The van der Waals surface area contributed by atoms with Gasteiger partial charge >= 0.3 is 0 Å². The van der Waals surface area contributed by atoms with Crippen LogP contribution in [0.15, 0.2) is 36.7 Å². The van der Waals surface area contributed by atoms with Crippen LogP contribution in [-0.4, -0.2) is 78.9 Å². The van der Waals surface area contributed by atoms with E-state index in [-0.39, 0.29) is 12.0 Å². The summed E-state index contributed by atoms with van der Waals surface area (Å²) in [5.74, 6) is 2.02. The van der Waals surface area contributed by atoms with Crippen molar-refractivity contribution in [1.29, 1.82) is 0 Å². The maximum Gasteiger partial charge on any atom is 0.272 e. The summed E-state index contributed by atoms with van der Waals surface area (Å²) >= 11 is 0. The summed E-state index contributed by atoms with van der Waals surface area (Å²) in [6.45, 7) is 5.71. The van der Waals surface area contributed by atoms with Gasteiger partial charge in [0.2, 0.25) is 0 Å². The van der Waals surface area contributed by atoms with Crippen molar-refractivity contribution in [1.82, 2.24) is 20.2 Å². The number of benzene rings is 1. The third-order valence-corrected chi connectivity index (χ3v) is 8.74. The van der Waals surface area contributed by atoms with Crippen molar-refractivity contribution in [2.75, 3.05) is 45.3 Å². The fraction of sp³-hybridized carbons (Fsp3) is 0.633. The van der Waals surface area contributed by atoms with Crippen molar-refractivity contribution in [3.05, 3.63) is 53.5 Å². The zero-order valence-electron chi connectivity index (χ0n) is 22.9. The molecule has 2 aromatic rings. The van der Waals surface area contributed by atoms with E-state index in [9.17, 15) is 4.79 Å². The van der Waals surface area contributed by atoms with Gasteiger partial charge < -0.3 is 25.0 Å². The van der Waals surface area contributed by atoms with Crippen LogP contribution in [0.25, 0.3) is 0 Å². The van der Waals surface area contributed by atoms with Gasteiger partial charge in [-0.1, -0.05) is 36.8 Å². The van der Waals surface area contributed by atoms with E-state index in [1.807, 2.05) is 11.8 Å². The molecule has 3 aliphatic rings. The Balaban J connectivity index is 1.13. The van der Waals surface area contributed by atoms with Crippen LogP contribution in [0.4, 0.5) is 5.82 Å². The predicted octanol–water partition coefficient (Wildman–Crippen LogP) is 4.17. The van der Waals surface area contributed by atoms with E-state index in [0.29, 0.717) is 36.2 Å². The quantitative estimate of drug-likeness (QED) is 0.539. The topological polar surface area (TPSA) is 88.6 Å². The predicted molar refractivity (Wildman–Crippen MR) is 148 cm³/mol. The lowest BCUT2D eigenvalue weighted by Crippen LogP contribution is -2.54. The SMILES string of the molecule is COC1COCCC1NC1CCN(C(=O)c2ncnc(NCC3CCC[C@@H](c4ccccc4)C3)c2C)CC1.